The van der Waals surface area contributed by atoms with Crippen LogP contribution >= 0.6 is 0 Å². The standard InChI is InChI=1S/C16H25NO/c1-12(2)10-13-5-7-14(8-6-13)16(17)15-4-3-9-18-11-15/h5-8,12,15-16H,3-4,9-11,17H2,1-2H3. The maximum atomic E-state index is 6.34. The van der Waals surface area contributed by atoms with Crippen molar-refractivity contribution in [2.24, 2.45) is 17.6 Å². The van der Waals surface area contributed by atoms with Gasteiger partial charge in [0, 0.05) is 18.6 Å². The molecule has 2 N–H and O–H groups in total. The van der Waals surface area contributed by atoms with Crippen LogP contribution in [0.2, 0.25) is 0 Å². The van der Waals surface area contributed by atoms with Gasteiger partial charge in [0.15, 0.2) is 0 Å². The minimum atomic E-state index is 0.124. The van der Waals surface area contributed by atoms with Crippen LogP contribution in [0.25, 0.3) is 0 Å². The first-order valence-corrected chi connectivity index (χ1v) is 7.09. The van der Waals surface area contributed by atoms with Crippen molar-refractivity contribution in [3.05, 3.63) is 35.4 Å². The summed E-state index contributed by atoms with van der Waals surface area (Å²) in [6, 6.07) is 8.95. The van der Waals surface area contributed by atoms with Crippen molar-refractivity contribution in [1.29, 1.82) is 0 Å². The molecular formula is C16H25NO. The van der Waals surface area contributed by atoms with E-state index in [1.165, 1.54) is 17.5 Å². The van der Waals surface area contributed by atoms with Crippen molar-refractivity contribution >= 4 is 0 Å². The lowest BCUT2D eigenvalue weighted by atomic mass is 9.88. The highest BCUT2D eigenvalue weighted by molar-refractivity contribution is 5.25. The van der Waals surface area contributed by atoms with Gasteiger partial charge in [-0.25, -0.2) is 0 Å². The van der Waals surface area contributed by atoms with Crippen molar-refractivity contribution in [2.75, 3.05) is 13.2 Å². The molecule has 0 amide bonds. The van der Waals surface area contributed by atoms with Gasteiger partial charge in [0.2, 0.25) is 0 Å². The van der Waals surface area contributed by atoms with Gasteiger partial charge in [0.05, 0.1) is 6.61 Å². The zero-order valence-corrected chi connectivity index (χ0v) is 11.6. The molecule has 1 heterocycles. The lowest BCUT2D eigenvalue weighted by molar-refractivity contribution is 0.0448. The molecule has 0 aromatic heterocycles. The zero-order chi connectivity index (χ0) is 13.0. The predicted molar refractivity (Wildman–Crippen MR) is 75.5 cm³/mol. The Balaban J connectivity index is 1.99. The lowest BCUT2D eigenvalue weighted by Crippen LogP contribution is -2.29. The molecule has 18 heavy (non-hydrogen) atoms. The molecule has 0 saturated carbocycles. The summed E-state index contributed by atoms with van der Waals surface area (Å²) < 4.78 is 5.52. The van der Waals surface area contributed by atoms with Crippen molar-refractivity contribution in [1.82, 2.24) is 0 Å². The van der Waals surface area contributed by atoms with Gasteiger partial charge >= 0.3 is 0 Å². The van der Waals surface area contributed by atoms with Gasteiger partial charge < -0.3 is 10.5 Å². The largest absolute Gasteiger partial charge is 0.381 e. The summed E-state index contributed by atoms with van der Waals surface area (Å²) >= 11 is 0. The Bertz CT molecular complexity index is 352. The van der Waals surface area contributed by atoms with E-state index in [0.717, 1.165) is 26.1 Å². The van der Waals surface area contributed by atoms with Gasteiger partial charge in [0.25, 0.3) is 0 Å². The average Bonchev–Trinajstić information content (AvgIpc) is 2.39. The van der Waals surface area contributed by atoms with Crippen molar-refractivity contribution < 1.29 is 4.74 Å². The maximum Gasteiger partial charge on any atom is 0.0512 e. The first kappa shape index (κ1) is 13.6. The number of hydrogen-bond donors (Lipinski definition) is 1. The van der Waals surface area contributed by atoms with Crippen molar-refractivity contribution in [3.63, 3.8) is 0 Å². The molecule has 2 nitrogen and oxygen atoms in total. The zero-order valence-electron chi connectivity index (χ0n) is 11.6. The lowest BCUT2D eigenvalue weighted by Gasteiger charge is -2.28. The quantitative estimate of drug-likeness (QED) is 0.886. The Hall–Kier alpha value is -0.860. The Morgan fingerprint density at radius 3 is 2.56 bits per heavy atom. The van der Waals surface area contributed by atoms with E-state index in [2.05, 4.69) is 38.1 Å². The highest BCUT2D eigenvalue weighted by Gasteiger charge is 2.22. The van der Waals surface area contributed by atoms with Crippen LogP contribution < -0.4 is 5.73 Å². The average molecular weight is 247 g/mol. The van der Waals surface area contributed by atoms with Crippen LogP contribution in [0.4, 0.5) is 0 Å². The van der Waals surface area contributed by atoms with Crippen LogP contribution in [0.15, 0.2) is 24.3 Å². The second-order valence-electron chi connectivity index (χ2n) is 5.84. The first-order valence-electron chi connectivity index (χ1n) is 7.09. The molecule has 2 unspecified atom stereocenters. The fraction of sp³-hybridized carbons (Fsp3) is 0.625. The van der Waals surface area contributed by atoms with E-state index < -0.39 is 0 Å². The number of benzene rings is 1. The van der Waals surface area contributed by atoms with Crippen LogP contribution in [0, 0.1) is 11.8 Å². The third-order valence-corrected chi connectivity index (χ3v) is 3.71. The second-order valence-corrected chi connectivity index (χ2v) is 5.84. The minimum absolute atomic E-state index is 0.124. The van der Waals surface area contributed by atoms with E-state index in [1.54, 1.807) is 0 Å². The monoisotopic (exact) mass is 247 g/mol. The fourth-order valence-corrected chi connectivity index (χ4v) is 2.67. The van der Waals surface area contributed by atoms with Gasteiger partial charge in [-0.05, 0) is 36.3 Å². The van der Waals surface area contributed by atoms with E-state index in [-0.39, 0.29) is 6.04 Å². The van der Waals surface area contributed by atoms with Gasteiger partial charge in [-0.3, -0.25) is 0 Å². The Labute approximate surface area is 111 Å². The Morgan fingerprint density at radius 2 is 2.00 bits per heavy atom. The molecule has 1 aliphatic heterocycles. The van der Waals surface area contributed by atoms with E-state index in [1.807, 2.05) is 0 Å². The SMILES string of the molecule is CC(C)Cc1ccc(C(N)C2CCCOC2)cc1. The summed E-state index contributed by atoms with van der Waals surface area (Å²) in [5.74, 6) is 1.19. The molecular weight excluding hydrogens is 222 g/mol. The predicted octanol–water partition coefficient (Wildman–Crippen LogP) is 3.31. The van der Waals surface area contributed by atoms with Gasteiger partial charge in [-0.1, -0.05) is 38.1 Å². The van der Waals surface area contributed by atoms with Crippen LogP contribution in [0.5, 0.6) is 0 Å². The molecule has 1 saturated heterocycles. The smallest absolute Gasteiger partial charge is 0.0512 e. The van der Waals surface area contributed by atoms with E-state index in [9.17, 15) is 0 Å². The minimum Gasteiger partial charge on any atom is -0.381 e. The highest BCUT2D eigenvalue weighted by Crippen LogP contribution is 2.27. The van der Waals surface area contributed by atoms with Crippen LogP contribution in [-0.2, 0) is 11.2 Å². The van der Waals surface area contributed by atoms with Crippen molar-refractivity contribution in [2.45, 2.75) is 39.2 Å². The summed E-state index contributed by atoms with van der Waals surface area (Å²) in [5, 5.41) is 0. The van der Waals surface area contributed by atoms with Gasteiger partial charge in [0.1, 0.15) is 0 Å². The number of rotatable bonds is 4. The Morgan fingerprint density at radius 1 is 1.28 bits per heavy atom. The third kappa shape index (κ3) is 3.56. The summed E-state index contributed by atoms with van der Waals surface area (Å²) in [6.07, 6.45) is 3.47. The van der Waals surface area contributed by atoms with Crippen LogP contribution in [0.3, 0.4) is 0 Å². The maximum absolute atomic E-state index is 6.34. The molecule has 0 bridgehead atoms. The van der Waals surface area contributed by atoms with Crippen LogP contribution in [-0.4, -0.2) is 13.2 Å². The first-order chi connectivity index (χ1) is 8.66. The van der Waals surface area contributed by atoms with Crippen LogP contribution in [0.1, 0.15) is 43.9 Å². The summed E-state index contributed by atoms with van der Waals surface area (Å²) in [5.41, 5.74) is 8.99. The molecule has 2 atom stereocenters. The van der Waals surface area contributed by atoms with Gasteiger partial charge in [-0.2, -0.15) is 0 Å². The number of nitrogens with two attached hydrogens (primary N) is 1. The topological polar surface area (TPSA) is 35.2 Å². The molecule has 2 rings (SSSR count). The van der Waals surface area contributed by atoms with E-state index in [0.29, 0.717) is 11.8 Å². The number of hydrogen-bond acceptors (Lipinski definition) is 2. The fourth-order valence-electron chi connectivity index (χ4n) is 2.67. The molecule has 1 fully saturated rings. The highest BCUT2D eigenvalue weighted by atomic mass is 16.5. The summed E-state index contributed by atoms with van der Waals surface area (Å²) in [7, 11) is 0. The molecule has 0 radical (unpaired) electrons. The molecule has 1 aliphatic rings. The molecule has 1 aromatic rings. The van der Waals surface area contributed by atoms with E-state index >= 15 is 0 Å². The van der Waals surface area contributed by atoms with E-state index in [4.69, 9.17) is 10.5 Å². The summed E-state index contributed by atoms with van der Waals surface area (Å²) in [6.45, 7) is 6.21. The number of ether oxygens (including phenoxy) is 1. The normalized spacial score (nSPS) is 22.1. The molecule has 2 heteroatoms. The summed E-state index contributed by atoms with van der Waals surface area (Å²) in [4.78, 5) is 0. The molecule has 0 aliphatic carbocycles. The second kappa shape index (κ2) is 6.35. The Kier molecular flexibility index (Phi) is 4.79. The van der Waals surface area contributed by atoms with Crippen molar-refractivity contribution in [3.8, 4) is 0 Å². The molecule has 100 valence electrons. The molecule has 0 spiro atoms. The van der Waals surface area contributed by atoms with Gasteiger partial charge in [-0.15, -0.1) is 0 Å². The molecule has 1 aromatic carbocycles. The third-order valence-electron chi connectivity index (χ3n) is 3.71.